The van der Waals surface area contributed by atoms with Crippen molar-refractivity contribution in [3.05, 3.63) is 29.3 Å². The number of rotatable bonds is 4. The van der Waals surface area contributed by atoms with Gasteiger partial charge in [-0.15, -0.1) is 0 Å². The van der Waals surface area contributed by atoms with Crippen molar-refractivity contribution in [1.82, 2.24) is 0 Å². The second-order valence-electron chi connectivity index (χ2n) is 4.86. The number of hydrogen-bond donors (Lipinski definition) is 0. The van der Waals surface area contributed by atoms with Gasteiger partial charge in [-0.1, -0.05) is 45.1 Å². The Bertz CT molecular complexity index is 493. The maximum Gasteiger partial charge on any atom is 0.446 e. The van der Waals surface area contributed by atoms with Gasteiger partial charge < -0.3 is 0 Å². The molecule has 0 heterocycles. The molecule has 1 aromatic carbocycles. The van der Waals surface area contributed by atoms with Crippen LogP contribution in [0, 0.1) is 11.8 Å². The second kappa shape index (κ2) is 7.64. The number of halogens is 3. The van der Waals surface area contributed by atoms with Crippen LogP contribution in [0.2, 0.25) is 0 Å². The van der Waals surface area contributed by atoms with Crippen molar-refractivity contribution in [1.29, 1.82) is 0 Å². The molecule has 0 unspecified atom stereocenters. The Morgan fingerprint density at radius 2 is 1.95 bits per heavy atom. The molecule has 1 aromatic rings. The lowest BCUT2D eigenvalue weighted by molar-refractivity contribution is -0.0328. The molecule has 0 atom stereocenters. The molecule has 0 nitrogen and oxygen atoms in total. The highest BCUT2D eigenvalue weighted by Gasteiger charge is 2.30. The molecule has 0 aliphatic carbocycles. The summed E-state index contributed by atoms with van der Waals surface area (Å²) in [4.78, 5) is 0.202. The van der Waals surface area contributed by atoms with E-state index in [1.165, 1.54) is 0 Å². The number of unbranched alkanes of at least 4 members (excludes halogenated alkanes) is 2. The van der Waals surface area contributed by atoms with Crippen LogP contribution in [0.25, 0.3) is 0 Å². The van der Waals surface area contributed by atoms with Gasteiger partial charge in [-0.2, -0.15) is 13.2 Å². The molecule has 20 heavy (non-hydrogen) atoms. The predicted molar refractivity (Wildman–Crippen MR) is 78.8 cm³/mol. The number of thioether (sulfide) groups is 1. The van der Waals surface area contributed by atoms with Crippen LogP contribution in [0.1, 0.15) is 57.1 Å². The first-order chi connectivity index (χ1) is 9.33. The van der Waals surface area contributed by atoms with Crippen LogP contribution in [0.5, 0.6) is 0 Å². The van der Waals surface area contributed by atoms with Crippen molar-refractivity contribution < 1.29 is 13.2 Å². The minimum Gasteiger partial charge on any atom is -0.160 e. The molecule has 0 saturated heterocycles. The quantitative estimate of drug-likeness (QED) is 0.375. The Morgan fingerprint density at radius 3 is 2.50 bits per heavy atom. The van der Waals surface area contributed by atoms with Crippen LogP contribution >= 0.6 is 11.8 Å². The summed E-state index contributed by atoms with van der Waals surface area (Å²) in [5.74, 6) is 6.01. The number of hydrogen-bond acceptors (Lipinski definition) is 1. The molecule has 0 amide bonds. The van der Waals surface area contributed by atoms with E-state index in [4.69, 9.17) is 0 Å². The van der Waals surface area contributed by atoms with E-state index in [2.05, 4.69) is 18.8 Å². The van der Waals surface area contributed by atoms with Crippen LogP contribution in [0.15, 0.2) is 23.1 Å². The third kappa shape index (κ3) is 5.92. The van der Waals surface area contributed by atoms with Gasteiger partial charge >= 0.3 is 5.51 Å². The van der Waals surface area contributed by atoms with Crippen molar-refractivity contribution in [2.45, 2.75) is 56.4 Å². The number of benzene rings is 1. The molecule has 0 fully saturated rings. The highest BCUT2D eigenvalue weighted by Crippen LogP contribution is 2.39. The molecule has 0 spiro atoms. The standard InChI is InChI=1S/C16H19F3S/c1-4-5-6-7-8-13-9-10-14(12(2)3)11-15(13)20-16(17,18)19/h9-12H,4-6H2,1-3H3. The summed E-state index contributed by atoms with van der Waals surface area (Å²) < 4.78 is 37.8. The van der Waals surface area contributed by atoms with Gasteiger partial charge in [-0.25, -0.2) is 0 Å². The third-order valence-electron chi connectivity index (χ3n) is 2.78. The molecular weight excluding hydrogens is 281 g/mol. The van der Waals surface area contributed by atoms with Crippen LogP contribution in [0.4, 0.5) is 13.2 Å². The molecule has 110 valence electrons. The van der Waals surface area contributed by atoms with Crippen molar-refractivity contribution >= 4 is 11.8 Å². The van der Waals surface area contributed by atoms with E-state index < -0.39 is 5.51 Å². The van der Waals surface area contributed by atoms with Crippen molar-refractivity contribution in [3.63, 3.8) is 0 Å². The fourth-order valence-corrected chi connectivity index (χ4v) is 2.31. The first-order valence-corrected chi connectivity index (χ1v) is 7.53. The molecule has 0 aromatic heterocycles. The molecule has 0 N–H and O–H groups in total. The van der Waals surface area contributed by atoms with Gasteiger partial charge in [-0.05, 0) is 41.8 Å². The fraction of sp³-hybridized carbons (Fsp3) is 0.500. The number of alkyl halides is 3. The van der Waals surface area contributed by atoms with E-state index in [0.29, 0.717) is 5.56 Å². The fourth-order valence-electron chi connectivity index (χ4n) is 1.63. The summed E-state index contributed by atoms with van der Waals surface area (Å²) in [7, 11) is 0. The summed E-state index contributed by atoms with van der Waals surface area (Å²) in [6, 6.07) is 5.16. The van der Waals surface area contributed by atoms with Gasteiger partial charge in [-0.3, -0.25) is 0 Å². The highest BCUT2D eigenvalue weighted by molar-refractivity contribution is 8.00. The predicted octanol–water partition coefficient (Wildman–Crippen LogP) is 5.96. The first-order valence-electron chi connectivity index (χ1n) is 6.72. The average Bonchev–Trinajstić information content (AvgIpc) is 2.34. The zero-order valence-electron chi connectivity index (χ0n) is 12.0. The Hall–Kier alpha value is -1.08. The lowest BCUT2D eigenvalue weighted by Gasteiger charge is -2.11. The van der Waals surface area contributed by atoms with Gasteiger partial charge in [0.15, 0.2) is 0 Å². The van der Waals surface area contributed by atoms with Crippen LogP contribution < -0.4 is 0 Å². The van der Waals surface area contributed by atoms with E-state index >= 15 is 0 Å². The maximum absolute atomic E-state index is 12.6. The molecule has 1 rings (SSSR count). The van der Waals surface area contributed by atoms with E-state index in [1.54, 1.807) is 12.1 Å². The van der Waals surface area contributed by atoms with Crippen molar-refractivity contribution in [2.24, 2.45) is 0 Å². The summed E-state index contributed by atoms with van der Waals surface area (Å²) in [5.41, 5.74) is -2.92. The summed E-state index contributed by atoms with van der Waals surface area (Å²) in [6.45, 7) is 5.98. The molecule has 0 aliphatic rings. The molecule has 4 heteroatoms. The lowest BCUT2D eigenvalue weighted by Crippen LogP contribution is -2.01. The zero-order chi connectivity index (χ0) is 15.2. The first kappa shape index (κ1) is 17.0. The van der Waals surface area contributed by atoms with Gasteiger partial charge in [0.05, 0.1) is 0 Å². The van der Waals surface area contributed by atoms with E-state index in [-0.39, 0.29) is 22.6 Å². The minimum absolute atomic E-state index is 0.0798. The van der Waals surface area contributed by atoms with Gasteiger partial charge in [0.25, 0.3) is 0 Å². The largest absolute Gasteiger partial charge is 0.446 e. The Balaban J connectivity index is 3.04. The van der Waals surface area contributed by atoms with Gasteiger partial charge in [0.1, 0.15) is 0 Å². The lowest BCUT2D eigenvalue weighted by atomic mass is 10.0. The molecule has 0 bridgehead atoms. The van der Waals surface area contributed by atoms with Gasteiger partial charge in [0, 0.05) is 16.9 Å². The average molecular weight is 300 g/mol. The van der Waals surface area contributed by atoms with E-state index in [1.807, 2.05) is 19.9 Å². The van der Waals surface area contributed by atoms with E-state index in [0.717, 1.165) is 24.8 Å². The maximum atomic E-state index is 12.6. The summed E-state index contributed by atoms with van der Waals surface area (Å²) >= 11 is -0.0798. The molecule has 0 saturated carbocycles. The summed E-state index contributed by atoms with van der Waals surface area (Å²) in [6.07, 6.45) is 2.72. The molecular formula is C16H19F3S. The van der Waals surface area contributed by atoms with Gasteiger partial charge in [0.2, 0.25) is 0 Å². The normalized spacial score (nSPS) is 11.3. The van der Waals surface area contributed by atoms with Crippen LogP contribution in [-0.2, 0) is 0 Å². The topological polar surface area (TPSA) is 0 Å². The van der Waals surface area contributed by atoms with E-state index in [9.17, 15) is 13.2 Å². The van der Waals surface area contributed by atoms with Crippen LogP contribution in [0.3, 0.4) is 0 Å². The Labute approximate surface area is 123 Å². The Morgan fingerprint density at radius 1 is 1.25 bits per heavy atom. The SMILES string of the molecule is CCCCC#Cc1ccc(C(C)C)cc1SC(F)(F)F. The summed E-state index contributed by atoms with van der Waals surface area (Å²) in [5, 5.41) is 0. The monoisotopic (exact) mass is 300 g/mol. The van der Waals surface area contributed by atoms with Crippen molar-refractivity contribution in [3.8, 4) is 11.8 Å². The smallest absolute Gasteiger partial charge is 0.160 e. The third-order valence-corrected chi connectivity index (χ3v) is 3.57. The minimum atomic E-state index is -4.28. The molecule has 0 aliphatic heterocycles. The Kier molecular flexibility index (Phi) is 6.48. The zero-order valence-corrected chi connectivity index (χ0v) is 12.8. The second-order valence-corrected chi connectivity index (χ2v) is 5.97. The van der Waals surface area contributed by atoms with Crippen molar-refractivity contribution in [2.75, 3.05) is 0 Å². The van der Waals surface area contributed by atoms with Crippen LogP contribution in [-0.4, -0.2) is 5.51 Å². The molecule has 0 radical (unpaired) electrons. The highest BCUT2D eigenvalue weighted by atomic mass is 32.2.